The zero-order valence-electron chi connectivity index (χ0n) is 17.7. The second-order valence-corrected chi connectivity index (χ2v) is 8.78. The Kier molecular flexibility index (Phi) is 4.87. The van der Waals surface area contributed by atoms with E-state index in [9.17, 15) is 4.79 Å². The van der Waals surface area contributed by atoms with Crippen LogP contribution in [0, 0.1) is 0 Å². The number of carbonyl (C=O) groups is 1. The van der Waals surface area contributed by atoms with Crippen LogP contribution in [0.15, 0.2) is 42.5 Å². The van der Waals surface area contributed by atoms with Crippen LogP contribution in [0.25, 0.3) is 22.2 Å². The fraction of sp³-hybridized carbons (Fsp3) is 0.375. The van der Waals surface area contributed by atoms with Crippen LogP contribution >= 0.6 is 0 Å². The Labute approximate surface area is 171 Å². The van der Waals surface area contributed by atoms with Crippen LogP contribution in [0.4, 0.5) is 4.79 Å². The molecule has 0 fully saturated rings. The number of hydrogen-bond donors (Lipinski definition) is 1. The molecule has 0 saturated heterocycles. The van der Waals surface area contributed by atoms with Crippen molar-refractivity contribution in [1.82, 2.24) is 9.88 Å². The van der Waals surface area contributed by atoms with Crippen LogP contribution < -0.4 is 10.1 Å². The van der Waals surface area contributed by atoms with Gasteiger partial charge in [-0.3, -0.25) is 0 Å². The summed E-state index contributed by atoms with van der Waals surface area (Å²) >= 11 is 0. The van der Waals surface area contributed by atoms with E-state index in [4.69, 9.17) is 9.47 Å². The highest BCUT2D eigenvalue weighted by Crippen LogP contribution is 2.37. The van der Waals surface area contributed by atoms with E-state index in [1.165, 1.54) is 11.1 Å². The normalized spacial score (nSPS) is 13.7. The highest BCUT2D eigenvalue weighted by Gasteiger charge is 2.26. The molecule has 5 nitrogen and oxygen atoms in total. The van der Waals surface area contributed by atoms with E-state index in [1.54, 1.807) is 4.57 Å². The summed E-state index contributed by atoms with van der Waals surface area (Å²) in [4.78, 5) is 13.2. The number of benzene rings is 2. The molecule has 0 saturated carbocycles. The van der Waals surface area contributed by atoms with Crippen LogP contribution in [0.1, 0.15) is 45.7 Å². The number of para-hydroxylation sites is 1. The van der Waals surface area contributed by atoms with Crippen LogP contribution in [0.2, 0.25) is 0 Å². The summed E-state index contributed by atoms with van der Waals surface area (Å²) in [6, 6.07) is 14.1. The summed E-state index contributed by atoms with van der Waals surface area (Å²) in [5, 5.41) is 4.42. The third-order valence-corrected chi connectivity index (χ3v) is 4.87. The molecule has 1 aliphatic heterocycles. The first-order valence-electron chi connectivity index (χ1n) is 10.1. The average molecular weight is 392 g/mol. The number of aromatic nitrogens is 1. The lowest BCUT2D eigenvalue weighted by Gasteiger charge is -2.22. The van der Waals surface area contributed by atoms with Gasteiger partial charge in [0.15, 0.2) is 0 Å². The third-order valence-electron chi connectivity index (χ3n) is 4.87. The lowest BCUT2D eigenvalue weighted by atomic mass is 10.00. The smallest absolute Gasteiger partial charge is 0.419 e. The average Bonchev–Trinajstić information content (AvgIpc) is 3.23. The Bertz CT molecular complexity index is 1070. The lowest BCUT2D eigenvalue weighted by molar-refractivity contribution is 0.0547. The van der Waals surface area contributed by atoms with E-state index < -0.39 is 5.60 Å². The first-order valence-corrected chi connectivity index (χ1v) is 10.1. The maximum atomic E-state index is 13.2. The maximum Gasteiger partial charge on any atom is 0.419 e. The standard InChI is InChI=1S/C24H28N2O3/c1-15(2)28-18-10-17-13-25-14-20(17)19(12-18)22-11-16-8-6-7-9-21(16)26(22)23(27)29-24(3,4)5/h6-12,15,25H,13-14H2,1-5H3. The molecule has 1 N–H and O–H groups in total. The molecule has 5 heteroatoms. The Balaban J connectivity index is 1.94. The minimum Gasteiger partial charge on any atom is -0.491 e. The summed E-state index contributed by atoms with van der Waals surface area (Å²) in [5.41, 5.74) is 4.51. The highest BCUT2D eigenvalue weighted by atomic mass is 16.6. The van der Waals surface area contributed by atoms with E-state index >= 15 is 0 Å². The van der Waals surface area contributed by atoms with Gasteiger partial charge < -0.3 is 14.8 Å². The molecular weight excluding hydrogens is 364 g/mol. The predicted octanol–water partition coefficient (Wildman–Crippen LogP) is 5.48. The number of nitrogens with zero attached hydrogens (tertiary/aromatic N) is 1. The van der Waals surface area contributed by atoms with E-state index in [-0.39, 0.29) is 12.2 Å². The van der Waals surface area contributed by atoms with E-state index in [2.05, 4.69) is 17.4 Å². The van der Waals surface area contributed by atoms with E-state index in [0.29, 0.717) is 0 Å². The van der Waals surface area contributed by atoms with Gasteiger partial charge in [0.25, 0.3) is 0 Å². The monoisotopic (exact) mass is 392 g/mol. The molecule has 2 aromatic carbocycles. The zero-order chi connectivity index (χ0) is 20.8. The Morgan fingerprint density at radius 3 is 2.59 bits per heavy atom. The van der Waals surface area contributed by atoms with Crippen LogP contribution in [-0.4, -0.2) is 22.4 Å². The summed E-state index contributed by atoms with van der Waals surface area (Å²) in [6.07, 6.45) is -0.296. The van der Waals surface area contributed by atoms with Crippen molar-refractivity contribution >= 4 is 17.0 Å². The number of hydrogen-bond acceptors (Lipinski definition) is 4. The first kappa shape index (κ1) is 19.5. The topological polar surface area (TPSA) is 52.5 Å². The molecule has 1 aliphatic rings. The molecule has 0 bridgehead atoms. The van der Waals surface area contributed by atoms with Crippen molar-refractivity contribution in [3.05, 3.63) is 53.6 Å². The fourth-order valence-electron chi connectivity index (χ4n) is 3.82. The molecule has 0 atom stereocenters. The van der Waals surface area contributed by atoms with Gasteiger partial charge in [-0.15, -0.1) is 0 Å². The minimum atomic E-state index is -0.578. The number of ether oxygens (including phenoxy) is 2. The van der Waals surface area contributed by atoms with Crippen LogP contribution in [-0.2, 0) is 17.8 Å². The third kappa shape index (κ3) is 3.87. The molecule has 0 amide bonds. The van der Waals surface area contributed by atoms with Crippen LogP contribution in [0.3, 0.4) is 0 Å². The van der Waals surface area contributed by atoms with Gasteiger partial charge in [-0.2, -0.15) is 0 Å². The molecule has 4 rings (SSSR count). The number of nitrogens with one attached hydrogen (secondary N) is 1. The molecule has 29 heavy (non-hydrogen) atoms. The molecule has 1 aromatic heterocycles. The van der Waals surface area contributed by atoms with Gasteiger partial charge in [0.2, 0.25) is 0 Å². The van der Waals surface area contributed by atoms with Crippen molar-refractivity contribution in [3.8, 4) is 17.0 Å². The van der Waals surface area contributed by atoms with Crippen LogP contribution in [0.5, 0.6) is 5.75 Å². The summed E-state index contributed by atoms with van der Waals surface area (Å²) in [6.45, 7) is 11.2. The van der Waals surface area contributed by atoms with Crippen molar-refractivity contribution in [3.63, 3.8) is 0 Å². The predicted molar refractivity (Wildman–Crippen MR) is 115 cm³/mol. The zero-order valence-corrected chi connectivity index (χ0v) is 17.7. The van der Waals surface area contributed by atoms with Gasteiger partial charge >= 0.3 is 6.09 Å². The SMILES string of the molecule is CC(C)Oc1cc2c(c(-c3cc4ccccc4n3C(=O)OC(C)(C)C)c1)CNC2. The Morgan fingerprint density at radius 2 is 1.86 bits per heavy atom. The van der Waals surface area contributed by atoms with Gasteiger partial charge in [0.05, 0.1) is 17.3 Å². The van der Waals surface area contributed by atoms with Gasteiger partial charge in [-0.1, -0.05) is 18.2 Å². The molecule has 0 spiro atoms. The van der Waals surface area contributed by atoms with E-state index in [0.717, 1.165) is 41.0 Å². The van der Waals surface area contributed by atoms with E-state index in [1.807, 2.05) is 65.0 Å². The molecule has 0 aliphatic carbocycles. The molecule has 0 radical (unpaired) electrons. The van der Waals surface area contributed by atoms with Gasteiger partial charge in [-0.05, 0) is 70.0 Å². The molecule has 2 heterocycles. The second kappa shape index (κ2) is 7.23. The molecule has 0 unspecified atom stereocenters. The van der Waals surface area contributed by atoms with Crippen molar-refractivity contribution in [1.29, 1.82) is 0 Å². The highest BCUT2D eigenvalue weighted by molar-refractivity contribution is 5.97. The molecule has 3 aromatic rings. The second-order valence-electron chi connectivity index (χ2n) is 8.78. The van der Waals surface area contributed by atoms with Gasteiger partial charge in [-0.25, -0.2) is 9.36 Å². The molecular formula is C24H28N2O3. The summed E-state index contributed by atoms with van der Waals surface area (Å²) in [7, 11) is 0. The quantitative estimate of drug-likeness (QED) is 0.641. The fourth-order valence-corrected chi connectivity index (χ4v) is 3.82. The number of rotatable bonds is 3. The first-order chi connectivity index (χ1) is 13.7. The lowest BCUT2D eigenvalue weighted by Crippen LogP contribution is -2.27. The number of carbonyl (C=O) groups excluding carboxylic acids is 1. The minimum absolute atomic E-state index is 0.0759. The van der Waals surface area contributed by atoms with Crippen molar-refractivity contribution < 1.29 is 14.3 Å². The Hall–Kier alpha value is -2.79. The van der Waals surface area contributed by atoms with Gasteiger partial charge in [0, 0.05) is 24.0 Å². The van der Waals surface area contributed by atoms with Crippen molar-refractivity contribution in [2.75, 3.05) is 0 Å². The Morgan fingerprint density at radius 1 is 1.10 bits per heavy atom. The largest absolute Gasteiger partial charge is 0.491 e. The van der Waals surface area contributed by atoms with Crippen molar-refractivity contribution in [2.24, 2.45) is 0 Å². The summed E-state index contributed by atoms with van der Waals surface area (Å²) < 4.78 is 13.4. The van der Waals surface area contributed by atoms with Gasteiger partial charge in [0.1, 0.15) is 11.4 Å². The van der Waals surface area contributed by atoms with Crippen molar-refractivity contribution in [2.45, 2.75) is 59.4 Å². The number of fused-ring (bicyclic) bond motifs is 2. The maximum absolute atomic E-state index is 13.2. The summed E-state index contributed by atoms with van der Waals surface area (Å²) in [5.74, 6) is 0.818. The molecule has 152 valence electrons.